The van der Waals surface area contributed by atoms with E-state index in [0.29, 0.717) is 12.4 Å². The highest BCUT2D eigenvalue weighted by Crippen LogP contribution is 2.19. The number of ether oxygens (including phenoxy) is 1. The fourth-order valence-corrected chi connectivity index (χ4v) is 1.76. The van der Waals surface area contributed by atoms with E-state index in [9.17, 15) is 0 Å². The predicted molar refractivity (Wildman–Crippen MR) is 70.5 cm³/mol. The van der Waals surface area contributed by atoms with E-state index in [4.69, 9.17) is 10.6 Å². The van der Waals surface area contributed by atoms with E-state index in [0.717, 1.165) is 15.8 Å². The van der Waals surface area contributed by atoms with Crippen molar-refractivity contribution in [1.29, 1.82) is 0 Å². The first-order chi connectivity index (χ1) is 8.29. The van der Waals surface area contributed by atoms with Crippen LogP contribution in [0.5, 0.6) is 5.75 Å². The average Bonchev–Trinajstić information content (AvgIpc) is 2.38. The summed E-state index contributed by atoms with van der Waals surface area (Å²) < 4.78 is 6.68. The number of benzene rings is 1. The first-order valence-corrected chi connectivity index (χ1v) is 5.88. The van der Waals surface area contributed by atoms with E-state index in [2.05, 4.69) is 26.3 Å². The summed E-state index contributed by atoms with van der Waals surface area (Å²) >= 11 is 3.47. The number of hydrogen-bond donors (Lipinski definition) is 2. The van der Waals surface area contributed by atoms with Crippen molar-refractivity contribution in [2.45, 2.75) is 6.61 Å². The smallest absolute Gasteiger partial charge is 0.143 e. The predicted octanol–water partition coefficient (Wildman–Crippen LogP) is 2.71. The van der Waals surface area contributed by atoms with Crippen LogP contribution in [0.25, 0.3) is 0 Å². The van der Waals surface area contributed by atoms with Crippen molar-refractivity contribution in [2.75, 3.05) is 5.43 Å². The monoisotopic (exact) mass is 293 g/mol. The second kappa shape index (κ2) is 5.65. The minimum atomic E-state index is 0.495. The number of hydrogen-bond acceptors (Lipinski definition) is 4. The Kier molecular flexibility index (Phi) is 3.95. The third-order valence-electron chi connectivity index (χ3n) is 2.23. The Morgan fingerprint density at radius 1 is 1.29 bits per heavy atom. The quantitative estimate of drug-likeness (QED) is 0.672. The molecule has 0 aliphatic carbocycles. The van der Waals surface area contributed by atoms with Crippen LogP contribution in [0.1, 0.15) is 5.56 Å². The zero-order chi connectivity index (χ0) is 12.1. The Hall–Kier alpha value is -1.59. The lowest BCUT2D eigenvalue weighted by atomic mass is 10.2. The molecule has 0 saturated heterocycles. The van der Waals surface area contributed by atoms with Gasteiger partial charge >= 0.3 is 0 Å². The van der Waals surface area contributed by atoms with Crippen LogP contribution in [0.4, 0.5) is 5.82 Å². The second-order valence-electron chi connectivity index (χ2n) is 3.40. The number of anilines is 1. The second-order valence-corrected chi connectivity index (χ2v) is 4.26. The number of hydrazine groups is 1. The Morgan fingerprint density at radius 3 is 2.88 bits per heavy atom. The third-order valence-corrected chi connectivity index (χ3v) is 3.01. The largest absolute Gasteiger partial charge is 0.489 e. The fourth-order valence-electron chi connectivity index (χ4n) is 1.36. The number of nitrogen functional groups attached to an aromatic ring is 1. The van der Waals surface area contributed by atoms with Crippen molar-refractivity contribution in [1.82, 2.24) is 4.98 Å². The van der Waals surface area contributed by atoms with Crippen molar-refractivity contribution in [3.05, 3.63) is 52.6 Å². The summed E-state index contributed by atoms with van der Waals surface area (Å²) in [7, 11) is 0. The summed E-state index contributed by atoms with van der Waals surface area (Å²) in [6, 6.07) is 11.5. The van der Waals surface area contributed by atoms with Gasteiger partial charge in [0.25, 0.3) is 0 Å². The number of halogens is 1. The van der Waals surface area contributed by atoms with Gasteiger partial charge in [0.1, 0.15) is 18.2 Å². The molecule has 0 fully saturated rings. The number of nitrogens with one attached hydrogen (secondary N) is 1. The first-order valence-electron chi connectivity index (χ1n) is 5.08. The summed E-state index contributed by atoms with van der Waals surface area (Å²) in [5, 5.41) is 0. The van der Waals surface area contributed by atoms with Crippen LogP contribution in [-0.4, -0.2) is 4.98 Å². The fraction of sp³-hybridized carbons (Fsp3) is 0.0833. The number of nitrogens with two attached hydrogens (primary N) is 1. The molecule has 0 aliphatic rings. The van der Waals surface area contributed by atoms with Gasteiger partial charge in [-0.3, -0.25) is 0 Å². The van der Waals surface area contributed by atoms with Crippen LogP contribution in [0.2, 0.25) is 0 Å². The standard InChI is InChI=1S/C12H12BrN3O/c13-11-4-2-1-3-9(11)8-17-10-5-6-15-12(7-10)16-14/h1-7H,8,14H2,(H,15,16). The Morgan fingerprint density at radius 2 is 2.12 bits per heavy atom. The van der Waals surface area contributed by atoms with Crippen molar-refractivity contribution < 1.29 is 4.74 Å². The van der Waals surface area contributed by atoms with E-state index >= 15 is 0 Å². The van der Waals surface area contributed by atoms with Crippen LogP contribution in [-0.2, 0) is 6.61 Å². The van der Waals surface area contributed by atoms with E-state index < -0.39 is 0 Å². The summed E-state index contributed by atoms with van der Waals surface area (Å²) in [5.74, 6) is 6.58. The van der Waals surface area contributed by atoms with Crippen LogP contribution < -0.4 is 16.0 Å². The molecule has 1 aromatic carbocycles. The van der Waals surface area contributed by atoms with Crippen molar-refractivity contribution >= 4 is 21.7 Å². The maximum absolute atomic E-state index is 5.65. The Labute approximate surface area is 108 Å². The Bertz CT molecular complexity index is 505. The molecule has 1 heterocycles. The molecule has 0 amide bonds. The highest BCUT2D eigenvalue weighted by atomic mass is 79.9. The molecule has 0 radical (unpaired) electrons. The topological polar surface area (TPSA) is 60.2 Å². The summed E-state index contributed by atoms with van der Waals surface area (Å²) in [5.41, 5.74) is 3.57. The highest BCUT2D eigenvalue weighted by Gasteiger charge is 2.01. The minimum Gasteiger partial charge on any atom is -0.489 e. The van der Waals surface area contributed by atoms with Gasteiger partial charge in [-0.15, -0.1) is 0 Å². The molecular weight excluding hydrogens is 282 g/mol. The number of nitrogens with zero attached hydrogens (tertiary/aromatic N) is 1. The molecule has 88 valence electrons. The van der Waals surface area contributed by atoms with E-state index in [1.54, 1.807) is 18.3 Å². The third kappa shape index (κ3) is 3.18. The van der Waals surface area contributed by atoms with Crippen LogP contribution in [0.15, 0.2) is 47.1 Å². The van der Waals surface area contributed by atoms with Gasteiger partial charge in [-0.1, -0.05) is 34.1 Å². The van der Waals surface area contributed by atoms with Gasteiger partial charge in [-0.2, -0.15) is 0 Å². The van der Waals surface area contributed by atoms with Crippen molar-refractivity contribution in [3.8, 4) is 5.75 Å². The molecule has 0 bridgehead atoms. The molecule has 3 N–H and O–H groups in total. The van der Waals surface area contributed by atoms with Crippen molar-refractivity contribution in [3.63, 3.8) is 0 Å². The van der Waals surface area contributed by atoms with Gasteiger partial charge in [0.2, 0.25) is 0 Å². The zero-order valence-electron chi connectivity index (χ0n) is 9.06. The zero-order valence-corrected chi connectivity index (χ0v) is 10.6. The maximum atomic E-state index is 5.65. The van der Waals surface area contributed by atoms with Gasteiger partial charge in [-0.05, 0) is 12.1 Å². The molecular formula is C12H12BrN3O. The SMILES string of the molecule is NNc1cc(OCc2ccccc2Br)ccn1. The molecule has 1 aromatic heterocycles. The van der Waals surface area contributed by atoms with E-state index in [1.165, 1.54) is 0 Å². The number of rotatable bonds is 4. The Balaban J connectivity index is 2.05. The summed E-state index contributed by atoms with van der Waals surface area (Å²) in [6.45, 7) is 0.495. The number of aromatic nitrogens is 1. The van der Waals surface area contributed by atoms with Crippen LogP contribution in [0, 0.1) is 0 Å². The molecule has 0 aliphatic heterocycles. The van der Waals surface area contributed by atoms with Gasteiger partial charge < -0.3 is 10.2 Å². The summed E-state index contributed by atoms with van der Waals surface area (Å²) in [6.07, 6.45) is 1.64. The normalized spacial score (nSPS) is 10.0. The van der Waals surface area contributed by atoms with Gasteiger partial charge in [0.05, 0.1) is 0 Å². The van der Waals surface area contributed by atoms with Crippen LogP contribution in [0.3, 0.4) is 0 Å². The molecule has 5 heteroatoms. The van der Waals surface area contributed by atoms with Gasteiger partial charge in [-0.25, -0.2) is 10.8 Å². The van der Waals surface area contributed by atoms with Gasteiger partial charge in [0.15, 0.2) is 0 Å². The molecule has 0 spiro atoms. The van der Waals surface area contributed by atoms with E-state index in [1.807, 2.05) is 24.3 Å². The molecule has 0 atom stereocenters. The molecule has 0 unspecified atom stereocenters. The lowest BCUT2D eigenvalue weighted by Crippen LogP contribution is -2.08. The van der Waals surface area contributed by atoms with Gasteiger partial charge in [0, 0.05) is 22.3 Å². The molecule has 2 rings (SSSR count). The van der Waals surface area contributed by atoms with E-state index in [-0.39, 0.29) is 0 Å². The summed E-state index contributed by atoms with van der Waals surface area (Å²) in [4.78, 5) is 4.01. The molecule has 4 nitrogen and oxygen atoms in total. The maximum Gasteiger partial charge on any atom is 0.143 e. The number of pyridine rings is 1. The molecule has 2 aromatic rings. The lowest BCUT2D eigenvalue weighted by molar-refractivity contribution is 0.305. The first kappa shape index (κ1) is 11.9. The highest BCUT2D eigenvalue weighted by molar-refractivity contribution is 9.10. The lowest BCUT2D eigenvalue weighted by Gasteiger charge is -2.08. The molecule has 17 heavy (non-hydrogen) atoms. The average molecular weight is 294 g/mol. The van der Waals surface area contributed by atoms with Crippen LogP contribution >= 0.6 is 15.9 Å². The minimum absolute atomic E-state index is 0.495. The molecule has 0 saturated carbocycles. The van der Waals surface area contributed by atoms with Crippen molar-refractivity contribution in [2.24, 2.45) is 5.84 Å².